The summed E-state index contributed by atoms with van der Waals surface area (Å²) in [6.07, 6.45) is 0.647. The van der Waals surface area contributed by atoms with Crippen molar-refractivity contribution >= 4 is 21.6 Å². The lowest BCUT2D eigenvalue weighted by Gasteiger charge is -2.08. The summed E-state index contributed by atoms with van der Waals surface area (Å²) >= 11 is 0. The first-order valence-electron chi connectivity index (χ1n) is 9.10. The number of carbonyl (C=O) groups is 1. The third-order valence-electron chi connectivity index (χ3n) is 4.29. The van der Waals surface area contributed by atoms with E-state index in [1.807, 2.05) is 30.3 Å². The normalized spacial score (nSPS) is 11.2. The monoisotopic (exact) mass is 412 g/mol. The highest BCUT2D eigenvalue weighted by molar-refractivity contribution is 7.89. The Morgan fingerprint density at radius 1 is 0.862 bits per heavy atom. The van der Waals surface area contributed by atoms with Gasteiger partial charge in [-0.05, 0) is 47.9 Å². The number of rotatable bonds is 8. The van der Waals surface area contributed by atoms with E-state index in [-0.39, 0.29) is 23.8 Å². The topological polar surface area (TPSA) is 75.3 Å². The fourth-order valence-corrected chi connectivity index (χ4v) is 3.76. The molecular weight excluding hydrogens is 391 g/mol. The molecule has 0 aliphatic rings. The van der Waals surface area contributed by atoms with Crippen molar-refractivity contribution < 1.29 is 17.6 Å². The molecule has 3 rings (SSSR count). The Labute approximate surface area is 169 Å². The lowest BCUT2D eigenvalue weighted by Crippen LogP contribution is -2.23. The predicted octanol–water partition coefficient (Wildman–Crippen LogP) is 3.88. The van der Waals surface area contributed by atoms with Gasteiger partial charge < -0.3 is 5.32 Å². The third-order valence-corrected chi connectivity index (χ3v) is 5.71. The molecule has 3 aromatic rings. The van der Waals surface area contributed by atoms with Crippen molar-refractivity contribution in [2.45, 2.75) is 24.3 Å². The standard InChI is InChI=1S/C22H21FN2O3S/c23-19-7-4-8-20(15-19)25-22(26)14-11-17-9-12-21(13-10-17)29(27,28)24-16-18-5-2-1-3-6-18/h1-10,12-13,15,24H,11,14,16H2,(H,25,26). The molecule has 0 saturated heterocycles. The predicted molar refractivity (Wildman–Crippen MR) is 110 cm³/mol. The van der Waals surface area contributed by atoms with Gasteiger partial charge in [0, 0.05) is 18.7 Å². The highest BCUT2D eigenvalue weighted by atomic mass is 32.2. The molecule has 5 nitrogen and oxygen atoms in total. The fraction of sp³-hybridized carbons (Fsp3) is 0.136. The number of sulfonamides is 1. The summed E-state index contributed by atoms with van der Waals surface area (Å²) in [6.45, 7) is 0.213. The van der Waals surface area contributed by atoms with Crippen LogP contribution in [0.3, 0.4) is 0 Å². The molecule has 1 amide bonds. The lowest BCUT2D eigenvalue weighted by molar-refractivity contribution is -0.116. The summed E-state index contributed by atoms with van der Waals surface area (Å²) in [5, 5.41) is 2.64. The number of halogens is 1. The number of carbonyl (C=O) groups excluding carboxylic acids is 1. The summed E-state index contributed by atoms with van der Waals surface area (Å²) < 4.78 is 40.5. The van der Waals surface area contributed by atoms with Crippen molar-refractivity contribution in [1.82, 2.24) is 4.72 Å². The first kappa shape index (κ1) is 20.7. The maximum Gasteiger partial charge on any atom is 0.240 e. The van der Waals surface area contributed by atoms with Crippen LogP contribution in [0.25, 0.3) is 0 Å². The first-order valence-corrected chi connectivity index (χ1v) is 10.6. The Morgan fingerprint density at radius 3 is 2.28 bits per heavy atom. The van der Waals surface area contributed by atoms with E-state index in [2.05, 4.69) is 10.0 Å². The number of benzene rings is 3. The lowest BCUT2D eigenvalue weighted by atomic mass is 10.1. The smallest absolute Gasteiger partial charge is 0.240 e. The summed E-state index contributed by atoms with van der Waals surface area (Å²) in [5.74, 6) is -0.655. The van der Waals surface area contributed by atoms with E-state index in [1.165, 1.54) is 30.3 Å². The molecule has 0 atom stereocenters. The van der Waals surface area contributed by atoms with Gasteiger partial charge in [-0.3, -0.25) is 4.79 Å². The summed E-state index contributed by atoms with van der Waals surface area (Å²) in [5.41, 5.74) is 2.11. The zero-order chi connectivity index (χ0) is 20.7. The minimum atomic E-state index is -3.62. The van der Waals surface area contributed by atoms with Gasteiger partial charge >= 0.3 is 0 Å². The van der Waals surface area contributed by atoms with Crippen molar-refractivity contribution in [1.29, 1.82) is 0 Å². The van der Waals surface area contributed by atoms with Gasteiger partial charge in [-0.15, -0.1) is 0 Å². The minimum Gasteiger partial charge on any atom is -0.326 e. The second-order valence-electron chi connectivity index (χ2n) is 6.51. The van der Waals surface area contributed by atoms with Crippen molar-refractivity contribution in [3.63, 3.8) is 0 Å². The Bertz CT molecular complexity index is 1070. The van der Waals surface area contributed by atoms with E-state index in [9.17, 15) is 17.6 Å². The molecule has 29 heavy (non-hydrogen) atoms. The largest absolute Gasteiger partial charge is 0.326 e. The van der Waals surface area contributed by atoms with Gasteiger partial charge in [-0.2, -0.15) is 0 Å². The van der Waals surface area contributed by atoms with Gasteiger partial charge in [0.25, 0.3) is 0 Å². The van der Waals surface area contributed by atoms with Crippen LogP contribution in [0.2, 0.25) is 0 Å². The van der Waals surface area contributed by atoms with Crippen molar-refractivity contribution in [2.75, 3.05) is 5.32 Å². The van der Waals surface area contributed by atoms with Crippen LogP contribution in [-0.2, 0) is 27.8 Å². The summed E-state index contributed by atoms with van der Waals surface area (Å²) in [7, 11) is -3.62. The fourth-order valence-electron chi connectivity index (χ4n) is 2.74. The highest BCUT2D eigenvalue weighted by Gasteiger charge is 2.13. The van der Waals surface area contributed by atoms with Gasteiger partial charge in [-0.25, -0.2) is 17.5 Å². The van der Waals surface area contributed by atoms with Crippen molar-refractivity contribution in [3.05, 3.63) is 95.8 Å². The molecular formula is C22H21FN2O3S. The van der Waals surface area contributed by atoms with Crippen molar-refractivity contribution in [2.24, 2.45) is 0 Å². The van der Waals surface area contributed by atoms with E-state index in [4.69, 9.17) is 0 Å². The molecule has 150 valence electrons. The van der Waals surface area contributed by atoms with Crippen molar-refractivity contribution in [3.8, 4) is 0 Å². The summed E-state index contributed by atoms with van der Waals surface area (Å²) in [6, 6.07) is 21.4. The van der Waals surface area contributed by atoms with Gasteiger partial charge in [0.05, 0.1) is 4.90 Å². The summed E-state index contributed by atoms with van der Waals surface area (Å²) in [4.78, 5) is 12.2. The number of nitrogens with one attached hydrogen (secondary N) is 2. The van der Waals surface area contributed by atoms with Crippen LogP contribution in [0.5, 0.6) is 0 Å². The Balaban J connectivity index is 1.53. The maximum absolute atomic E-state index is 13.1. The SMILES string of the molecule is O=C(CCc1ccc(S(=O)(=O)NCc2ccccc2)cc1)Nc1cccc(F)c1. The molecule has 0 aromatic heterocycles. The van der Waals surface area contributed by atoms with Crippen LogP contribution >= 0.6 is 0 Å². The van der Waals surface area contributed by atoms with Gasteiger partial charge in [0.15, 0.2) is 0 Å². The number of aryl methyl sites for hydroxylation is 1. The molecule has 0 aliphatic heterocycles. The number of hydrogen-bond acceptors (Lipinski definition) is 3. The second kappa shape index (κ2) is 9.45. The molecule has 3 aromatic carbocycles. The zero-order valence-corrected chi connectivity index (χ0v) is 16.5. The molecule has 0 bridgehead atoms. The van der Waals surface area contributed by atoms with Gasteiger partial charge in [-0.1, -0.05) is 48.5 Å². The minimum absolute atomic E-state index is 0.168. The van der Waals surface area contributed by atoms with Crippen LogP contribution in [0.4, 0.5) is 10.1 Å². The highest BCUT2D eigenvalue weighted by Crippen LogP contribution is 2.14. The molecule has 0 fully saturated rings. The molecule has 0 aliphatic carbocycles. The quantitative estimate of drug-likeness (QED) is 0.590. The van der Waals surface area contributed by atoms with E-state index >= 15 is 0 Å². The molecule has 0 spiro atoms. The van der Waals surface area contributed by atoms with E-state index < -0.39 is 15.8 Å². The van der Waals surface area contributed by atoms with Gasteiger partial charge in [0.2, 0.25) is 15.9 Å². The molecule has 0 radical (unpaired) electrons. The Hall–Kier alpha value is -3.03. The molecule has 0 unspecified atom stereocenters. The average Bonchev–Trinajstić information content (AvgIpc) is 2.72. The molecule has 0 saturated carbocycles. The first-order chi connectivity index (χ1) is 13.9. The number of anilines is 1. The molecule has 2 N–H and O–H groups in total. The van der Waals surface area contributed by atoms with Crippen LogP contribution in [-0.4, -0.2) is 14.3 Å². The van der Waals surface area contributed by atoms with E-state index in [1.54, 1.807) is 18.2 Å². The van der Waals surface area contributed by atoms with Crippen LogP contribution in [0.1, 0.15) is 17.5 Å². The molecule has 7 heteroatoms. The van der Waals surface area contributed by atoms with Crippen LogP contribution < -0.4 is 10.0 Å². The Kier molecular flexibility index (Phi) is 6.74. The second-order valence-corrected chi connectivity index (χ2v) is 8.28. The Morgan fingerprint density at radius 2 is 1.59 bits per heavy atom. The van der Waals surface area contributed by atoms with E-state index in [0.29, 0.717) is 12.1 Å². The maximum atomic E-state index is 13.1. The molecule has 0 heterocycles. The van der Waals surface area contributed by atoms with Crippen LogP contribution in [0, 0.1) is 5.82 Å². The number of hydrogen-bond donors (Lipinski definition) is 2. The van der Waals surface area contributed by atoms with E-state index in [0.717, 1.165) is 11.1 Å². The van der Waals surface area contributed by atoms with Crippen LogP contribution in [0.15, 0.2) is 83.8 Å². The van der Waals surface area contributed by atoms with Gasteiger partial charge in [0.1, 0.15) is 5.82 Å². The zero-order valence-electron chi connectivity index (χ0n) is 15.6. The average molecular weight is 412 g/mol. The number of amides is 1. The third kappa shape index (κ3) is 6.23.